The molecule has 0 spiro atoms. The van der Waals surface area contributed by atoms with Crippen molar-refractivity contribution in [2.45, 2.75) is 0 Å². The molecule has 0 amide bonds. The number of rotatable bonds is 4. The summed E-state index contributed by atoms with van der Waals surface area (Å²) >= 11 is 1.76. The Bertz CT molecular complexity index is 735. The minimum atomic E-state index is 0.130. The summed E-state index contributed by atoms with van der Waals surface area (Å²) in [6.45, 7) is 0. The van der Waals surface area contributed by atoms with E-state index in [1.807, 2.05) is 60.7 Å². The van der Waals surface area contributed by atoms with E-state index in [2.05, 4.69) is 0 Å². The molecule has 3 rings (SSSR count). The van der Waals surface area contributed by atoms with E-state index < -0.39 is 0 Å². The molecule has 1 heterocycles. The van der Waals surface area contributed by atoms with Crippen LogP contribution in [0.1, 0.15) is 11.1 Å². The third-order valence-corrected chi connectivity index (χ3v) is 5.04. The maximum Gasteiger partial charge on any atom is 0.186 e. The van der Waals surface area contributed by atoms with Gasteiger partial charge in [-0.3, -0.25) is 4.79 Å². The molecular formula is C21H20O3S. The summed E-state index contributed by atoms with van der Waals surface area (Å²) in [4.78, 5) is 12.8. The van der Waals surface area contributed by atoms with Crippen LogP contribution in [0.15, 0.2) is 59.7 Å². The Labute approximate surface area is 152 Å². The molecule has 0 unspecified atom stereocenters. The minimum Gasteiger partial charge on any atom is -0.497 e. The van der Waals surface area contributed by atoms with E-state index in [0.29, 0.717) is 0 Å². The first kappa shape index (κ1) is 17.4. The second-order valence-electron chi connectivity index (χ2n) is 5.71. The normalized spacial score (nSPS) is 17.8. The van der Waals surface area contributed by atoms with Gasteiger partial charge in [-0.1, -0.05) is 24.3 Å². The van der Waals surface area contributed by atoms with Crippen LogP contribution in [0.2, 0.25) is 0 Å². The fourth-order valence-corrected chi connectivity index (χ4v) is 3.60. The summed E-state index contributed by atoms with van der Waals surface area (Å²) in [6, 6.07) is 15.5. The molecule has 0 radical (unpaired) electrons. The van der Waals surface area contributed by atoms with Crippen LogP contribution in [-0.2, 0) is 4.79 Å². The number of methoxy groups -OCH3 is 2. The summed E-state index contributed by atoms with van der Waals surface area (Å²) in [5.41, 5.74) is 3.69. The molecule has 2 aromatic carbocycles. The van der Waals surface area contributed by atoms with Gasteiger partial charge in [0.25, 0.3) is 0 Å². The van der Waals surface area contributed by atoms with Crippen molar-refractivity contribution in [3.8, 4) is 11.5 Å². The quantitative estimate of drug-likeness (QED) is 0.760. The van der Waals surface area contributed by atoms with E-state index in [1.54, 1.807) is 26.0 Å². The summed E-state index contributed by atoms with van der Waals surface area (Å²) < 4.78 is 10.3. The fourth-order valence-electron chi connectivity index (χ4n) is 2.63. The summed E-state index contributed by atoms with van der Waals surface area (Å²) in [6.07, 6.45) is 3.94. The first-order valence-corrected chi connectivity index (χ1v) is 9.17. The van der Waals surface area contributed by atoms with Gasteiger partial charge >= 0.3 is 0 Å². The molecule has 0 saturated carbocycles. The Morgan fingerprint density at radius 2 is 1.16 bits per heavy atom. The van der Waals surface area contributed by atoms with Crippen molar-refractivity contribution in [3.05, 3.63) is 70.8 Å². The molecule has 0 aromatic heterocycles. The lowest BCUT2D eigenvalue weighted by Crippen LogP contribution is -2.16. The highest BCUT2D eigenvalue weighted by molar-refractivity contribution is 7.99. The van der Waals surface area contributed by atoms with Crippen LogP contribution >= 0.6 is 11.8 Å². The molecule has 2 aromatic rings. The molecule has 3 nitrogen and oxygen atoms in total. The van der Waals surface area contributed by atoms with Gasteiger partial charge in [-0.05, 0) is 47.5 Å². The van der Waals surface area contributed by atoms with Crippen LogP contribution in [0.5, 0.6) is 11.5 Å². The predicted octanol–water partition coefficient (Wildman–Crippen LogP) is 4.49. The van der Waals surface area contributed by atoms with Gasteiger partial charge in [0.1, 0.15) is 11.5 Å². The Balaban J connectivity index is 1.81. The first-order chi connectivity index (χ1) is 12.2. The summed E-state index contributed by atoms with van der Waals surface area (Å²) in [7, 11) is 3.29. The van der Waals surface area contributed by atoms with Crippen LogP contribution in [0.3, 0.4) is 0 Å². The van der Waals surface area contributed by atoms with Crippen molar-refractivity contribution in [2.75, 3.05) is 25.7 Å². The topological polar surface area (TPSA) is 35.5 Å². The van der Waals surface area contributed by atoms with E-state index in [4.69, 9.17) is 9.47 Å². The van der Waals surface area contributed by atoms with Crippen molar-refractivity contribution in [1.82, 2.24) is 0 Å². The second-order valence-corrected chi connectivity index (χ2v) is 6.69. The number of carbonyl (C=O) groups excluding carboxylic acids is 1. The number of ketones is 1. The van der Waals surface area contributed by atoms with E-state index in [0.717, 1.165) is 45.3 Å². The van der Waals surface area contributed by atoms with Gasteiger partial charge in [0.15, 0.2) is 5.78 Å². The third-order valence-electron chi connectivity index (χ3n) is 4.01. The third kappa shape index (κ3) is 4.34. The maximum atomic E-state index is 12.8. The molecule has 0 N–H and O–H groups in total. The number of hydrogen-bond acceptors (Lipinski definition) is 4. The van der Waals surface area contributed by atoms with Crippen LogP contribution in [0.25, 0.3) is 12.2 Å². The Morgan fingerprint density at radius 3 is 1.52 bits per heavy atom. The molecule has 0 aliphatic carbocycles. The summed E-state index contributed by atoms with van der Waals surface area (Å²) in [5, 5.41) is 0. The van der Waals surface area contributed by atoms with E-state index >= 15 is 0 Å². The zero-order valence-corrected chi connectivity index (χ0v) is 15.1. The van der Waals surface area contributed by atoms with Gasteiger partial charge < -0.3 is 9.47 Å². The molecule has 25 heavy (non-hydrogen) atoms. The van der Waals surface area contributed by atoms with E-state index in [-0.39, 0.29) is 5.78 Å². The highest BCUT2D eigenvalue weighted by Gasteiger charge is 2.20. The lowest BCUT2D eigenvalue weighted by Gasteiger charge is -2.16. The molecule has 0 bridgehead atoms. The zero-order chi connectivity index (χ0) is 17.6. The Kier molecular flexibility index (Phi) is 5.61. The van der Waals surface area contributed by atoms with Gasteiger partial charge in [-0.25, -0.2) is 0 Å². The minimum absolute atomic E-state index is 0.130. The lowest BCUT2D eigenvalue weighted by atomic mass is 10.0. The molecule has 1 fully saturated rings. The molecule has 1 aliphatic heterocycles. The Morgan fingerprint density at radius 1 is 0.760 bits per heavy atom. The predicted molar refractivity (Wildman–Crippen MR) is 104 cm³/mol. The standard InChI is InChI=1S/C21H20O3S/c1-23-19-7-3-15(4-8-19)11-17-13-25-14-18(21(17)22)12-16-5-9-20(24-2)10-6-16/h3-12H,13-14H2,1-2H3/b17-11-,18-12?. The monoisotopic (exact) mass is 352 g/mol. The van der Waals surface area contributed by atoms with E-state index in [1.165, 1.54) is 0 Å². The molecule has 4 heteroatoms. The van der Waals surface area contributed by atoms with Crippen LogP contribution in [0.4, 0.5) is 0 Å². The highest BCUT2D eigenvalue weighted by atomic mass is 32.2. The smallest absolute Gasteiger partial charge is 0.186 e. The number of hydrogen-bond donors (Lipinski definition) is 0. The lowest BCUT2D eigenvalue weighted by molar-refractivity contribution is -0.112. The molecule has 1 aliphatic rings. The molecular weight excluding hydrogens is 332 g/mol. The van der Waals surface area contributed by atoms with Gasteiger partial charge in [0.2, 0.25) is 0 Å². The average molecular weight is 352 g/mol. The van der Waals surface area contributed by atoms with Crippen molar-refractivity contribution in [2.24, 2.45) is 0 Å². The van der Waals surface area contributed by atoms with Crippen molar-refractivity contribution >= 4 is 29.7 Å². The largest absolute Gasteiger partial charge is 0.497 e. The van der Waals surface area contributed by atoms with Crippen molar-refractivity contribution < 1.29 is 14.3 Å². The molecule has 0 atom stereocenters. The van der Waals surface area contributed by atoms with Crippen LogP contribution in [0, 0.1) is 0 Å². The number of thioether (sulfide) groups is 1. The van der Waals surface area contributed by atoms with Crippen LogP contribution in [-0.4, -0.2) is 31.5 Å². The molecule has 128 valence electrons. The number of Topliss-reactive ketones (excluding diaryl/α,β-unsaturated/α-hetero) is 1. The molecule has 1 saturated heterocycles. The van der Waals surface area contributed by atoms with Gasteiger partial charge in [-0.15, -0.1) is 0 Å². The van der Waals surface area contributed by atoms with E-state index in [9.17, 15) is 4.79 Å². The fraction of sp³-hybridized carbons (Fsp3) is 0.190. The van der Waals surface area contributed by atoms with Crippen molar-refractivity contribution in [1.29, 1.82) is 0 Å². The number of ether oxygens (including phenoxy) is 2. The second kappa shape index (κ2) is 8.08. The maximum absolute atomic E-state index is 12.8. The van der Waals surface area contributed by atoms with Crippen molar-refractivity contribution in [3.63, 3.8) is 0 Å². The van der Waals surface area contributed by atoms with Gasteiger partial charge in [0, 0.05) is 22.7 Å². The zero-order valence-electron chi connectivity index (χ0n) is 14.3. The van der Waals surface area contributed by atoms with Crippen LogP contribution < -0.4 is 9.47 Å². The first-order valence-electron chi connectivity index (χ1n) is 8.01. The average Bonchev–Trinajstić information content (AvgIpc) is 2.66. The Hall–Kier alpha value is -2.46. The summed E-state index contributed by atoms with van der Waals surface area (Å²) in [5.74, 6) is 3.24. The number of benzene rings is 2. The number of carbonyl (C=O) groups is 1. The van der Waals surface area contributed by atoms with Gasteiger partial charge in [-0.2, -0.15) is 11.8 Å². The SMILES string of the molecule is COc1ccc(C=C2CSC/C(=C/c3ccc(OC)cc3)C2=O)cc1. The highest BCUT2D eigenvalue weighted by Crippen LogP contribution is 2.27. The van der Waals surface area contributed by atoms with Gasteiger partial charge in [0.05, 0.1) is 14.2 Å².